The fourth-order valence-electron chi connectivity index (χ4n) is 3.40. The number of aromatic carboxylic acids is 1. The molecule has 0 radical (unpaired) electrons. The lowest BCUT2D eigenvalue weighted by Crippen LogP contribution is -2.31. The number of pyridine rings is 1. The van der Waals surface area contributed by atoms with E-state index in [4.69, 9.17) is 0 Å². The molecule has 3 aromatic rings. The number of nitrogens with zero attached hydrogens (tertiary/aromatic N) is 2. The molecule has 1 N–H and O–H groups in total. The van der Waals surface area contributed by atoms with Crippen LogP contribution in [0.25, 0.3) is 22.3 Å². The van der Waals surface area contributed by atoms with Gasteiger partial charge in [0.25, 0.3) is 0 Å². The molecule has 1 aliphatic heterocycles. The predicted molar refractivity (Wildman–Crippen MR) is 92.8 cm³/mol. The third-order valence-electron chi connectivity index (χ3n) is 4.57. The lowest BCUT2D eigenvalue weighted by atomic mass is 10.1. The topological polar surface area (TPSA) is 62.0 Å². The highest BCUT2D eigenvalue weighted by Crippen LogP contribution is 2.29. The predicted octanol–water partition coefficient (Wildman–Crippen LogP) is 2.47. The molecular formula is C17H15FN2O3S. The summed E-state index contributed by atoms with van der Waals surface area (Å²) in [6.45, 7) is 5.43. The van der Waals surface area contributed by atoms with Gasteiger partial charge in [0, 0.05) is 13.1 Å². The van der Waals surface area contributed by atoms with Crippen LogP contribution in [0.2, 0.25) is 0 Å². The molecule has 0 saturated carbocycles. The minimum atomic E-state index is -1.30. The van der Waals surface area contributed by atoms with Crippen LogP contribution in [0.1, 0.15) is 29.6 Å². The van der Waals surface area contributed by atoms with Crippen molar-refractivity contribution in [3.63, 3.8) is 0 Å². The first-order valence-electron chi connectivity index (χ1n) is 7.76. The van der Waals surface area contributed by atoms with Gasteiger partial charge in [0.05, 0.1) is 21.3 Å². The zero-order chi connectivity index (χ0) is 17.0. The van der Waals surface area contributed by atoms with Crippen molar-refractivity contribution in [3.05, 3.63) is 38.4 Å². The second kappa shape index (κ2) is 5.31. The van der Waals surface area contributed by atoms with Crippen LogP contribution >= 0.6 is 11.3 Å². The highest BCUT2D eigenvalue weighted by molar-refractivity contribution is 7.17. The van der Waals surface area contributed by atoms with Gasteiger partial charge in [0.1, 0.15) is 16.2 Å². The van der Waals surface area contributed by atoms with Crippen LogP contribution in [0, 0.1) is 5.82 Å². The molecule has 4 rings (SSSR count). The van der Waals surface area contributed by atoms with Gasteiger partial charge in [-0.25, -0.2) is 9.18 Å². The maximum Gasteiger partial charge on any atom is 0.342 e. The number of aromatic nitrogens is 1. The van der Waals surface area contributed by atoms with E-state index in [9.17, 15) is 19.1 Å². The van der Waals surface area contributed by atoms with Crippen molar-refractivity contribution in [2.45, 2.75) is 19.3 Å². The van der Waals surface area contributed by atoms with E-state index in [-0.39, 0.29) is 10.9 Å². The van der Waals surface area contributed by atoms with Crippen molar-refractivity contribution in [1.82, 2.24) is 4.40 Å². The van der Waals surface area contributed by atoms with Gasteiger partial charge in [0.2, 0.25) is 5.43 Å². The molecule has 124 valence electrons. The standard InChI is InChI=1S/C17H15FN2O3S/c1-9-20-12-8-13(19-5-3-2-4-6-19)11(18)7-10(12)15(21)14(17(22)23)16(20)24-9/h7-8H,1-6H2,(H,22,23). The van der Waals surface area contributed by atoms with Crippen LogP contribution < -0.4 is 15.0 Å². The third-order valence-corrected chi connectivity index (χ3v) is 5.57. The zero-order valence-corrected chi connectivity index (χ0v) is 13.7. The lowest BCUT2D eigenvalue weighted by Gasteiger charge is -2.29. The van der Waals surface area contributed by atoms with Gasteiger partial charge in [-0.2, -0.15) is 0 Å². The van der Waals surface area contributed by atoms with Crippen LogP contribution in [-0.4, -0.2) is 28.6 Å². The summed E-state index contributed by atoms with van der Waals surface area (Å²) in [6, 6.07) is 2.81. The number of piperidine rings is 1. The number of halogens is 1. The van der Waals surface area contributed by atoms with Gasteiger partial charge in [-0.1, -0.05) is 17.9 Å². The summed E-state index contributed by atoms with van der Waals surface area (Å²) >= 11 is 1.16. The second-order valence-electron chi connectivity index (χ2n) is 6.01. The Morgan fingerprint density at radius 1 is 1.25 bits per heavy atom. The largest absolute Gasteiger partial charge is 0.477 e. The van der Waals surface area contributed by atoms with E-state index in [1.165, 1.54) is 0 Å². The molecule has 1 fully saturated rings. The molecule has 0 bridgehead atoms. The minimum Gasteiger partial charge on any atom is -0.477 e. The molecule has 1 aromatic carbocycles. The summed E-state index contributed by atoms with van der Waals surface area (Å²) in [7, 11) is 0. The van der Waals surface area contributed by atoms with Crippen LogP contribution in [0.3, 0.4) is 0 Å². The molecule has 24 heavy (non-hydrogen) atoms. The summed E-state index contributed by atoms with van der Waals surface area (Å²) in [5.41, 5.74) is 0.0210. The Kier molecular flexibility index (Phi) is 3.35. The Labute approximate surface area is 140 Å². The number of benzene rings is 1. The van der Waals surface area contributed by atoms with E-state index in [1.807, 2.05) is 4.90 Å². The summed E-state index contributed by atoms with van der Waals surface area (Å²) < 4.78 is 16.9. The molecule has 2 aromatic heterocycles. The number of carboxylic acids is 1. The molecule has 3 heterocycles. The number of carboxylic acid groups (broad SMARTS) is 1. The van der Waals surface area contributed by atoms with E-state index in [2.05, 4.69) is 6.58 Å². The number of hydrogen-bond donors (Lipinski definition) is 1. The SMILES string of the molecule is C=c1sc2c(C(=O)O)c(=O)c3cc(F)c(N4CCCCC4)cc3n12. The average molecular weight is 346 g/mol. The number of carbonyl (C=O) groups is 1. The van der Waals surface area contributed by atoms with Crippen LogP contribution in [-0.2, 0) is 0 Å². The number of rotatable bonds is 2. The fraction of sp³-hybridized carbons (Fsp3) is 0.294. The fourth-order valence-corrected chi connectivity index (χ4v) is 4.35. The van der Waals surface area contributed by atoms with Crippen molar-refractivity contribution in [1.29, 1.82) is 0 Å². The molecule has 0 spiro atoms. The van der Waals surface area contributed by atoms with Gasteiger partial charge in [0.15, 0.2) is 0 Å². The van der Waals surface area contributed by atoms with Crippen molar-refractivity contribution in [3.8, 4) is 0 Å². The van der Waals surface area contributed by atoms with E-state index in [1.54, 1.807) is 10.5 Å². The zero-order valence-electron chi connectivity index (χ0n) is 12.8. The molecule has 0 atom stereocenters. The van der Waals surface area contributed by atoms with Gasteiger partial charge in [-0.15, -0.1) is 0 Å². The van der Waals surface area contributed by atoms with E-state index >= 15 is 0 Å². The lowest BCUT2D eigenvalue weighted by molar-refractivity contribution is 0.0697. The van der Waals surface area contributed by atoms with Crippen molar-refractivity contribution >= 4 is 45.3 Å². The monoisotopic (exact) mass is 346 g/mol. The Morgan fingerprint density at radius 2 is 1.96 bits per heavy atom. The van der Waals surface area contributed by atoms with Crippen LogP contribution in [0.5, 0.6) is 0 Å². The highest BCUT2D eigenvalue weighted by Gasteiger charge is 2.24. The van der Waals surface area contributed by atoms with Gasteiger partial charge >= 0.3 is 5.97 Å². The Hall–Kier alpha value is -2.41. The summed E-state index contributed by atoms with van der Waals surface area (Å²) in [5.74, 6) is -1.79. The first kappa shape index (κ1) is 15.1. The van der Waals surface area contributed by atoms with Crippen molar-refractivity contribution < 1.29 is 14.3 Å². The van der Waals surface area contributed by atoms with E-state index < -0.39 is 17.2 Å². The normalized spacial score (nSPS) is 15.5. The molecule has 0 unspecified atom stereocenters. The average Bonchev–Trinajstić information content (AvgIpc) is 2.55. The first-order chi connectivity index (χ1) is 11.5. The number of anilines is 1. The maximum atomic E-state index is 14.6. The summed E-state index contributed by atoms with van der Waals surface area (Å²) in [4.78, 5) is 26.3. The van der Waals surface area contributed by atoms with E-state index in [0.717, 1.165) is 49.8 Å². The van der Waals surface area contributed by atoms with Crippen LogP contribution in [0.15, 0.2) is 16.9 Å². The molecule has 7 heteroatoms. The molecule has 0 aliphatic carbocycles. The molecule has 1 aliphatic rings. The highest BCUT2D eigenvalue weighted by atomic mass is 32.1. The summed E-state index contributed by atoms with van der Waals surface area (Å²) in [6.07, 6.45) is 3.15. The quantitative estimate of drug-likeness (QED) is 0.774. The van der Waals surface area contributed by atoms with E-state index in [0.29, 0.717) is 20.7 Å². The molecule has 5 nitrogen and oxygen atoms in total. The number of fused-ring (bicyclic) bond motifs is 3. The smallest absolute Gasteiger partial charge is 0.342 e. The Morgan fingerprint density at radius 3 is 2.58 bits per heavy atom. The van der Waals surface area contributed by atoms with Gasteiger partial charge < -0.3 is 10.0 Å². The Balaban J connectivity index is 2.05. The molecule has 0 amide bonds. The Bertz CT molecular complexity index is 1080. The van der Waals surface area contributed by atoms with Gasteiger partial charge in [-0.05, 0) is 31.4 Å². The first-order valence-corrected chi connectivity index (χ1v) is 8.58. The summed E-state index contributed by atoms with van der Waals surface area (Å²) in [5, 5.41) is 9.40. The maximum absolute atomic E-state index is 14.6. The van der Waals surface area contributed by atoms with Crippen molar-refractivity contribution in [2.24, 2.45) is 0 Å². The second-order valence-corrected chi connectivity index (χ2v) is 7.08. The van der Waals surface area contributed by atoms with Crippen LogP contribution in [0.4, 0.5) is 10.1 Å². The minimum absolute atomic E-state index is 0.0795. The number of hydrogen-bond acceptors (Lipinski definition) is 4. The molecule has 1 saturated heterocycles. The van der Waals surface area contributed by atoms with Crippen molar-refractivity contribution in [2.75, 3.05) is 18.0 Å². The molecular weight excluding hydrogens is 331 g/mol. The van der Waals surface area contributed by atoms with Gasteiger partial charge in [-0.3, -0.25) is 9.20 Å². The third kappa shape index (κ3) is 2.04.